The zero-order chi connectivity index (χ0) is 18.1. The van der Waals surface area contributed by atoms with Crippen LogP contribution in [0.25, 0.3) is 0 Å². The van der Waals surface area contributed by atoms with Gasteiger partial charge in [0.15, 0.2) is 5.69 Å². The third-order valence-electron chi connectivity index (χ3n) is 3.55. The van der Waals surface area contributed by atoms with Gasteiger partial charge in [-0.3, -0.25) is 14.3 Å². The number of ether oxygens (including phenoxy) is 1. The highest BCUT2D eigenvalue weighted by Crippen LogP contribution is 2.26. The molecule has 0 bridgehead atoms. The standard InChI is InChI=1S/C15H23ClN4O4/c1-15(2,3)24-14(22)19-7-6-8-20-10(9-19)11(16)12(17-20)13(21)18(4)23-5/h6-9H2,1-5H3. The lowest BCUT2D eigenvalue weighted by Crippen LogP contribution is -2.36. The Morgan fingerprint density at radius 1 is 1.29 bits per heavy atom. The summed E-state index contributed by atoms with van der Waals surface area (Å²) < 4.78 is 7.09. The predicted molar refractivity (Wildman–Crippen MR) is 87.6 cm³/mol. The van der Waals surface area contributed by atoms with Crippen LogP contribution in [0.4, 0.5) is 4.79 Å². The maximum Gasteiger partial charge on any atom is 0.410 e. The molecule has 24 heavy (non-hydrogen) atoms. The first-order valence-electron chi connectivity index (χ1n) is 7.69. The van der Waals surface area contributed by atoms with Crippen LogP contribution in [0.3, 0.4) is 0 Å². The number of carbonyl (C=O) groups is 2. The number of halogens is 1. The van der Waals surface area contributed by atoms with Crippen LogP contribution in [0.2, 0.25) is 5.02 Å². The second kappa shape index (κ2) is 6.98. The molecule has 0 saturated carbocycles. The van der Waals surface area contributed by atoms with Crippen molar-refractivity contribution in [2.24, 2.45) is 0 Å². The van der Waals surface area contributed by atoms with Crippen LogP contribution in [0.1, 0.15) is 43.4 Å². The highest BCUT2D eigenvalue weighted by atomic mass is 35.5. The van der Waals surface area contributed by atoms with Crippen molar-refractivity contribution in [3.63, 3.8) is 0 Å². The third kappa shape index (κ3) is 3.99. The minimum atomic E-state index is -0.574. The summed E-state index contributed by atoms with van der Waals surface area (Å²) in [6.07, 6.45) is 0.285. The maximum absolute atomic E-state index is 12.3. The van der Waals surface area contributed by atoms with Crippen LogP contribution in [0, 0.1) is 0 Å². The average Bonchev–Trinajstić information content (AvgIpc) is 2.68. The van der Waals surface area contributed by atoms with Crippen molar-refractivity contribution in [3.8, 4) is 0 Å². The average molecular weight is 359 g/mol. The molecule has 0 unspecified atom stereocenters. The van der Waals surface area contributed by atoms with Crippen molar-refractivity contribution in [2.45, 2.75) is 45.9 Å². The van der Waals surface area contributed by atoms with Gasteiger partial charge in [0, 0.05) is 20.1 Å². The Bertz CT molecular complexity index is 638. The van der Waals surface area contributed by atoms with Crippen LogP contribution >= 0.6 is 11.6 Å². The maximum atomic E-state index is 12.3. The van der Waals surface area contributed by atoms with Gasteiger partial charge in [0.1, 0.15) is 5.60 Å². The van der Waals surface area contributed by atoms with E-state index in [9.17, 15) is 9.59 Å². The highest BCUT2D eigenvalue weighted by molar-refractivity contribution is 6.34. The number of nitrogens with zero attached hydrogens (tertiary/aromatic N) is 4. The van der Waals surface area contributed by atoms with Crippen molar-refractivity contribution < 1.29 is 19.2 Å². The molecule has 2 heterocycles. The molecule has 2 rings (SSSR count). The molecule has 134 valence electrons. The first-order valence-corrected chi connectivity index (χ1v) is 8.07. The topological polar surface area (TPSA) is 76.9 Å². The summed E-state index contributed by atoms with van der Waals surface area (Å²) in [6, 6.07) is 0. The Kier molecular flexibility index (Phi) is 5.39. The van der Waals surface area contributed by atoms with E-state index in [4.69, 9.17) is 21.2 Å². The molecule has 1 aliphatic rings. The van der Waals surface area contributed by atoms with Gasteiger partial charge in [0.2, 0.25) is 0 Å². The quantitative estimate of drug-likeness (QED) is 0.758. The van der Waals surface area contributed by atoms with E-state index in [1.165, 1.54) is 14.2 Å². The van der Waals surface area contributed by atoms with Crippen LogP contribution < -0.4 is 0 Å². The van der Waals surface area contributed by atoms with Gasteiger partial charge in [-0.15, -0.1) is 0 Å². The summed E-state index contributed by atoms with van der Waals surface area (Å²) in [6.45, 7) is 6.80. The van der Waals surface area contributed by atoms with E-state index in [-0.39, 0.29) is 17.3 Å². The molecule has 0 saturated heterocycles. The van der Waals surface area contributed by atoms with E-state index in [1.807, 2.05) is 20.8 Å². The summed E-state index contributed by atoms with van der Waals surface area (Å²) in [7, 11) is 2.87. The van der Waals surface area contributed by atoms with Crippen LogP contribution in [-0.4, -0.2) is 58.0 Å². The molecule has 1 aliphatic heterocycles. The molecule has 1 aromatic heterocycles. The molecule has 2 amide bonds. The number of aryl methyl sites for hydroxylation is 1. The molecule has 9 heteroatoms. The number of hydroxylamine groups is 2. The van der Waals surface area contributed by atoms with E-state index in [1.54, 1.807) is 9.58 Å². The lowest BCUT2D eigenvalue weighted by molar-refractivity contribution is -0.0760. The Hall–Kier alpha value is -1.80. The van der Waals surface area contributed by atoms with E-state index in [0.29, 0.717) is 25.2 Å². The zero-order valence-corrected chi connectivity index (χ0v) is 15.4. The smallest absolute Gasteiger partial charge is 0.410 e. The van der Waals surface area contributed by atoms with Crippen LogP contribution in [0.15, 0.2) is 0 Å². The van der Waals surface area contributed by atoms with Gasteiger partial charge in [-0.1, -0.05) is 11.6 Å². The molecular formula is C15H23ClN4O4. The Morgan fingerprint density at radius 2 is 1.96 bits per heavy atom. The fraction of sp³-hybridized carbons (Fsp3) is 0.667. The molecule has 0 aromatic carbocycles. The van der Waals surface area contributed by atoms with E-state index in [0.717, 1.165) is 5.06 Å². The summed E-state index contributed by atoms with van der Waals surface area (Å²) in [4.78, 5) is 31.0. The second-order valence-corrected chi connectivity index (χ2v) is 6.95. The zero-order valence-electron chi connectivity index (χ0n) is 14.6. The minimum Gasteiger partial charge on any atom is -0.444 e. The number of aromatic nitrogens is 2. The second-order valence-electron chi connectivity index (χ2n) is 6.57. The Morgan fingerprint density at radius 3 is 2.54 bits per heavy atom. The van der Waals surface area contributed by atoms with Crippen molar-refractivity contribution in [1.29, 1.82) is 0 Å². The van der Waals surface area contributed by atoms with Crippen molar-refractivity contribution in [2.75, 3.05) is 20.7 Å². The van der Waals surface area contributed by atoms with E-state index in [2.05, 4.69) is 5.10 Å². The molecule has 0 atom stereocenters. The SMILES string of the molecule is CON(C)C(=O)c1nn2c(c1Cl)CN(C(=O)OC(C)(C)C)CCC2. The van der Waals surface area contributed by atoms with Gasteiger partial charge in [-0.2, -0.15) is 5.10 Å². The van der Waals surface area contributed by atoms with Gasteiger partial charge in [-0.25, -0.2) is 9.86 Å². The lowest BCUT2D eigenvalue weighted by Gasteiger charge is -2.26. The van der Waals surface area contributed by atoms with Crippen LogP contribution in [0.5, 0.6) is 0 Å². The first kappa shape index (κ1) is 18.5. The fourth-order valence-electron chi connectivity index (χ4n) is 2.33. The Balaban J connectivity index is 2.25. The molecule has 0 radical (unpaired) electrons. The molecule has 0 aliphatic carbocycles. The Labute approximate surface area is 146 Å². The summed E-state index contributed by atoms with van der Waals surface area (Å²) >= 11 is 6.35. The molecule has 0 fully saturated rings. The number of fused-ring (bicyclic) bond motifs is 1. The predicted octanol–water partition coefficient (Wildman–Crippen LogP) is 2.31. The minimum absolute atomic E-state index is 0.113. The van der Waals surface area contributed by atoms with Gasteiger partial charge >= 0.3 is 6.09 Å². The summed E-state index contributed by atoms with van der Waals surface area (Å²) in [5.41, 5.74) is 0.158. The fourth-order valence-corrected chi connectivity index (χ4v) is 2.61. The van der Waals surface area contributed by atoms with Gasteiger partial charge in [-0.05, 0) is 27.2 Å². The highest BCUT2D eigenvalue weighted by Gasteiger charge is 2.30. The molecule has 8 nitrogen and oxygen atoms in total. The largest absolute Gasteiger partial charge is 0.444 e. The monoisotopic (exact) mass is 358 g/mol. The molecular weight excluding hydrogens is 336 g/mol. The normalized spacial score (nSPS) is 14.8. The number of rotatable bonds is 2. The lowest BCUT2D eigenvalue weighted by atomic mass is 10.2. The van der Waals surface area contributed by atoms with Crippen molar-refractivity contribution >= 4 is 23.6 Å². The number of carbonyl (C=O) groups excluding carboxylic acids is 2. The molecule has 1 aromatic rings. The molecule has 0 spiro atoms. The van der Waals surface area contributed by atoms with Gasteiger partial charge in [0.05, 0.1) is 24.4 Å². The summed E-state index contributed by atoms with van der Waals surface area (Å²) in [5.74, 6) is -0.438. The number of hydrogen-bond acceptors (Lipinski definition) is 5. The first-order chi connectivity index (χ1) is 11.1. The number of hydrogen-bond donors (Lipinski definition) is 0. The van der Waals surface area contributed by atoms with E-state index < -0.39 is 17.6 Å². The molecule has 0 N–H and O–H groups in total. The third-order valence-corrected chi connectivity index (χ3v) is 3.94. The van der Waals surface area contributed by atoms with Gasteiger partial charge < -0.3 is 9.64 Å². The van der Waals surface area contributed by atoms with Crippen LogP contribution in [-0.2, 0) is 22.7 Å². The van der Waals surface area contributed by atoms with E-state index >= 15 is 0 Å². The number of amides is 2. The van der Waals surface area contributed by atoms with Gasteiger partial charge in [0.25, 0.3) is 5.91 Å². The summed E-state index contributed by atoms with van der Waals surface area (Å²) in [5, 5.41) is 5.57. The van der Waals surface area contributed by atoms with Crippen molar-refractivity contribution in [1.82, 2.24) is 19.7 Å². The van der Waals surface area contributed by atoms with Crippen molar-refractivity contribution in [3.05, 3.63) is 16.4 Å².